The van der Waals surface area contributed by atoms with Crippen molar-refractivity contribution < 1.29 is 19.7 Å². The van der Waals surface area contributed by atoms with Crippen molar-refractivity contribution in [3.05, 3.63) is 35.9 Å². The van der Waals surface area contributed by atoms with Crippen LogP contribution < -0.4 is 5.32 Å². The highest BCUT2D eigenvalue weighted by Crippen LogP contribution is 2.31. The van der Waals surface area contributed by atoms with Gasteiger partial charge in [-0.25, -0.2) is 4.79 Å². The van der Waals surface area contributed by atoms with Crippen molar-refractivity contribution in [1.82, 2.24) is 5.32 Å². The number of aliphatic hydroxyl groups excluding tert-OH is 1. The lowest BCUT2D eigenvalue weighted by Crippen LogP contribution is -2.54. The van der Waals surface area contributed by atoms with Crippen LogP contribution >= 0.6 is 0 Å². The van der Waals surface area contributed by atoms with E-state index >= 15 is 0 Å². The van der Waals surface area contributed by atoms with Gasteiger partial charge >= 0.3 is 6.09 Å². The molecule has 1 aliphatic carbocycles. The number of hydrogen-bond donors (Lipinski definition) is 3. The highest BCUT2D eigenvalue weighted by molar-refractivity contribution is 5.67. The van der Waals surface area contributed by atoms with Crippen LogP contribution in [0.2, 0.25) is 0 Å². The van der Waals surface area contributed by atoms with E-state index in [0.717, 1.165) is 12.0 Å². The molecule has 1 fully saturated rings. The molecule has 0 heterocycles. The van der Waals surface area contributed by atoms with Crippen LogP contribution in [0.15, 0.2) is 30.3 Å². The third-order valence-corrected chi connectivity index (χ3v) is 4.07. The average Bonchev–Trinajstić information content (AvgIpc) is 2.49. The number of carbonyl (C=O) groups excluding carboxylic acids is 1. The van der Waals surface area contributed by atoms with Crippen LogP contribution in [0.25, 0.3) is 0 Å². The van der Waals surface area contributed by atoms with E-state index in [-0.39, 0.29) is 13.2 Å². The lowest BCUT2D eigenvalue weighted by molar-refractivity contribution is -0.107. The van der Waals surface area contributed by atoms with Crippen LogP contribution in [0.1, 0.15) is 31.7 Å². The number of benzene rings is 1. The number of carbonyl (C=O) groups is 1. The highest BCUT2D eigenvalue weighted by atomic mass is 16.5. The lowest BCUT2D eigenvalue weighted by atomic mass is 9.77. The number of hydrogen-bond acceptors (Lipinski definition) is 4. The molecule has 21 heavy (non-hydrogen) atoms. The first-order valence-electron chi connectivity index (χ1n) is 7.34. The van der Waals surface area contributed by atoms with Gasteiger partial charge in [-0.3, -0.25) is 0 Å². The zero-order chi connectivity index (χ0) is 15.3. The molecule has 0 aromatic heterocycles. The van der Waals surface area contributed by atoms with Gasteiger partial charge in [0.2, 0.25) is 0 Å². The minimum atomic E-state index is -1.25. The molecule has 1 saturated carbocycles. The van der Waals surface area contributed by atoms with Crippen molar-refractivity contribution in [1.29, 1.82) is 0 Å². The summed E-state index contributed by atoms with van der Waals surface area (Å²) < 4.78 is 5.08. The van der Waals surface area contributed by atoms with Crippen LogP contribution in [0.4, 0.5) is 4.79 Å². The molecule has 5 heteroatoms. The number of rotatable bonds is 4. The summed E-state index contributed by atoms with van der Waals surface area (Å²) in [6.45, 7) is 2.24. The molecular weight excluding hydrogens is 270 g/mol. The van der Waals surface area contributed by atoms with Crippen LogP contribution in [0, 0.1) is 5.92 Å². The molecule has 0 aliphatic heterocycles. The van der Waals surface area contributed by atoms with Crippen molar-refractivity contribution in [2.75, 3.05) is 6.54 Å². The summed E-state index contributed by atoms with van der Waals surface area (Å²) in [4.78, 5) is 11.6. The summed E-state index contributed by atoms with van der Waals surface area (Å²) >= 11 is 0. The molecule has 0 radical (unpaired) electrons. The molecule has 0 saturated heterocycles. The van der Waals surface area contributed by atoms with E-state index in [9.17, 15) is 15.0 Å². The average molecular weight is 293 g/mol. The Morgan fingerprint density at radius 1 is 1.43 bits per heavy atom. The standard InChI is InChI=1S/C16H23NO4/c1-12-7-8-16(20,14(18)9-12)11-17-15(19)21-10-13-5-3-2-4-6-13/h2-6,12,14,18,20H,7-11H2,1H3,(H,17,19)/t12-,14-,16-/m1/s1. The molecule has 0 spiro atoms. The number of amides is 1. The second-order valence-corrected chi connectivity index (χ2v) is 5.91. The summed E-state index contributed by atoms with van der Waals surface area (Å²) in [6.07, 6.45) is 0.480. The maximum atomic E-state index is 11.6. The first-order valence-corrected chi connectivity index (χ1v) is 7.34. The fourth-order valence-electron chi connectivity index (χ4n) is 2.59. The molecule has 1 aromatic rings. The predicted octanol–water partition coefficient (Wildman–Crippen LogP) is 1.82. The Morgan fingerprint density at radius 3 is 2.81 bits per heavy atom. The lowest BCUT2D eigenvalue weighted by Gasteiger charge is -2.39. The summed E-state index contributed by atoms with van der Waals surface area (Å²) in [5.74, 6) is 0.394. The van der Waals surface area contributed by atoms with E-state index in [2.05, 4.69) is 5.32 Å². The number of ether oxygens (including phenoxy) is 1. The smallest absolute Gasteiger partial charge is 0.407 e. The van der Waals surface area contributed by atoms with Gasteiger partial charge in [0, 0.05) is 0 Å². The Hall–Kier alpha value is -1.59. The molecule has 0 unspecified atom stereocenters. The highest BCUT2D eigenvalue weighted by Gasteiger charge is 2.40. The van der Waals surface area contributed by atoms with E-state index < -0.39 is 17.8 Å². The molecule has 5 nitrogen and oxygen atoms in total. The van der Waals surface area contributed by atoms with E-state index in [0.29, 0.717) is 18.8 Å². The Balaban J connectivity index is 1.76. The minimum Gasteiger partial charge on any atom is -0.445 e. The van der Waals surface area contributed by atoms with Gasteiger partial charge in [-0.15, -0.1) is 0 Å². The molecule has 3 atom stereocenters. The summed E-state index contributed by atoms with van der Waals surface area (Å²) in [6, 6.07) is 9.38. The zero-order valence-electron chi connectivity index (χ0n) is 12.3. The monoisotopic (exact) mass is 293 g/mol. The van der Waals surface area contributed by atoms with Crippen LogP contribution in [-0.4, -0.2) is 34.6 Å². The third kappa shape index (κ3) is 4.44. The van der Waals surface area contributed by atoms with E-state index in [1.54, 1.807) is 0 Å². The van der Waals surface area contributed by atoms with Crippen LogP contribution in [0.5, 0.6) is 0 Å². The van der Waals surface area contributed by atoms with Crippen LogP contribution in [0.3, 0.4) is 0 Å². The second-order valence-electron chi connectivity index (χ2n) is 5.91. The van der Waals surface area contributed by atoms with Gasteiger partial charge in [0.1, 0.15) is 12.2 Å². The van der Waals surface area contributed by atoms with Crippen LogP contribution in [-0.2, 0) is 11.3 Å². The summed E-state index contributed by atoms with van der Waals surface area (Å²) in [5.41, 5.74) is -0.351. The van der Waals surface area contributed by atoms with Gasteiger partial charge < -0.3 is 20.3 Å². The van der Waals surface area contributed by atoms with Crippen molar-refractivity contribution in [2.45, 2.75) is 44.5 Å². The van der Waals surface area contributed by atoms with E-state index in [1.165, 1.54) is 0 Å². The van der Waals surface area contributed by atoms with Gasteiger partial charge in [-0.05, 0) is 30.7 Å². The molecule has 1 aliphatic rings. The Bertz CT molecular complexity index is 465. The molecule has 116 valence electrons. The van der Waals surface area contributed by atoms with Gasteiger partial charge in [0.05, 0.1) is 12.6 Å². The van der Waals surface area contributed by atoms with Gasteiger partial charge in [-0.1, -0.05) is 37.3 Å². The quantitative estimate of drug-likeness (QED) is 0.791. The third-order valence-electron chi connectivity index (χ3n) is 4.07. The molecule has 1 amide bonds. The minimum absolute atomic E-state index is 0.00844. The fraction of sp³-hybridized carbons (Fsp3) is 0.562. The molecule has 3 N–H and O–H groups in total. The zero-order valence-corrected chi connectivity index (χ0v) is 12.3. The maximum Gasteiger partial charge on any atom is 0.407 e. The van der Waals surface area contributed by atoms with Crippen molar-refractivity contribution in [2.24, 2.45) is 5.92 Å². The fourth-order valence-corrected chi connectivity index (χ4v) is 2.59. The molecule has 0 bridgehead atoms. The second kappa shape index (κ2) is 6.91. The number of alkyl carbamates (subject to hydrolysis) is 1. The number of nitrogens with one attached hydrogen (secondary N) is 1. The molecular formula is C16H23NO4. The van der Waals surface area contributed by atoms with Crippen molar-refractivity contribution in [3.8, 4) is 0 Å². The Kier molecular flexibility index (Phi) is 5.20. The molecule has 2 rings (SSSR count). The number of aliphatic hydroxyl groups is 2. The summed E-state index contributed by atoms with van der Waals surface area (Å²) in [7, 11) is 0. The first-order chi connectivity index (χ1) is 9.99. The van der Waals surface area contributed by atoms with E-state index in [4.69, 9.17) is 4.74 Å². The topological polar surface area (TPSA) is 78.8 Å². The van der Waals surface area contributed by atoms with Gasteiger partial charge in [0.15, 0.2) is 0 Å². The van der Waals surface area contributed by atoms with Crippen molar-refractivity contribution in [3.63, 3.8) is 0 Å². The van der Waals surface area contributed by atoms with E-state index in [1.807, 2.05) is 37.3 Å². The normalized spacial score (nSPS) is 28.9. The molecule has 1 aromatic carbocycles. The largest absolute Gasteiger partial charge is 0.445 e. The van der Waals surface area contributed by atoms with Gasteiger partial charge in [0.25, 0.3) is 0 Å². The van der Waals surface area contributed by atoms with Crippen molar-refractivity contribution >= 4 is 6.09 Å². The Labute approximate surface area is 124 Å². The maximum absolute atomic E-state index is 11.6. The van der Waals surface area contributed by atoms with Gasteiger partial charge in [-0.2, -0.15) is 0 Å². The first kappa shape index (κ1) is 15.8. The SMILES string of the molecule is C[C@@H]1CC[C@@](O)(CNC(=O)OCc2ccccc2)[C@H](O)C1. The predicted molar refractivity (Wildman–Crippen MR) is 78.6 cm³/mol. The summed E-state index contributed by atoms with van der Waals surface area (Å²) in [5, 5.41) is 22.9. The Morgan fingerprint density at radius 2 is 2.14 bits per heavy atom.